The molecule has 4 aromatic rings. The number of sulfone groups is 1. The molecular formula is C51H65F4N9O9S2. The van der Waals surface area contributed by atoms with E-state index in [1.807, 2.05) is 26.0 Å². The Labute approximate surface area is 437 Å². The van der Waals surface area contributed by atoms with Crippen LogP contribution in [0, 0.1) is 17.3 Å². The van der Waals surface area contributed by atoms with Gasteiger partial charge in [-0.3, -0.25) is 24.4 Å². The van der Waals surface area contributed by atoms with Gasteiger partial charge in [0.15, 0.2) is 0 Å². The molecule has 0 unspecified atom stereocenters. The van der Waals surface area contributed by atoms with Gasteiger partial charge in [0, 0.05) is 98.3 Å². The summed E-state index contributed by atoms with van der Waals surface area (Å²) < 4.78 is 101. The number of esters is 1. The number of carbonyl (C=O) groups excluding carboxylic acids is 4. The number of ether oxygens (including phenoxy) is 3. The minimum atomic E-state index is -4.65. The Bertz CT molecular complexity index is 2950. The number of likely N-dealkylation sites (N-methyl/N-ethyl adjacent to an activating group) is 1. The lowest BCUT2D eigenvalue weighted by molar-refractivity contribution is -0.155. The van der Waals surface area contributed by atoms with E-state index in [0.29, 0.717) is 94.5 Å². The quantitative estimate of drug-likeness (QED) is 0.123. The van der Waals surface area contributed by atoms with Gasteiger partial charge in [-0.05, 0) is 61.9 Å². The van der Waals surface area contributed by atoms with Crippen LogP contribution in [0.4, 0.5) is 28.0 Å². The third kappa shape index (κ3) is 12.5. The van der Waals surface area contributed by atoms with Gasteiger partial charge in [-0.25, -0.2) is 23.6 Å². The summed E-state index contributed by atoms with van der Waals surface area (Å²) in [5.41, 5.74) is 6.01. The first-order chi connectivity index (χ1) is 35.3. The number of morpholine rings is 1. The van der Waals surface area contributed by atoms with Crippen molar-refractivity contribution in [3.8, 4) is 22.5 Å². The number of amides is 4. The van der Waals surface area contributed by atoms with E-state index < -0.39 is 93.0 Å². The maximum absolute atomic E-state index is 15.0. The average molecular weight is 1090 g/mol. The van der Waals surface area contributed by atoms with Crippen molar-refractivity contribution in [1.29, 1.82) is 0 Å². The number of aromatic nitrogens is 3. The first kappa shape index (κ1) is 55.5. The number of halogens is 4. The monoisotopic (exact) mass is 1090 g/mol. The minimum absolute atomic E-state index is 0.0257. The number of urea groups is 1. The summed E-state index contributed by atoms with van der Waals surface area (Å²) in [7, 11) is -1.09. The minimum Gasteiger partial charge on any atom is -0.464 e. The van der Waals surface area contributed by atoms with Gasteiger partial charge >= 0.3 is 18.2 Å². The molecule has 3 saturated heterocycles. The first-order valence-corrected chi connectivity index (χ1v) is 27.8. The van der Waals surface area contributed by atoms with Crippen LogP contribution < -0.4 is 15.6 Å². The van der Waals surface area contributed by atoms with Gasteiger partial charge in [0.25, 0.3) is 5.91 Å². The number of methoxy groups -OCH3 is 1. The van der Waals surface area contributed by atoms with Crippen molar-refractivity contribution in [3.05, 3.63) is 63.3 Å². The molecule has 8 rings (SSSR count). The summed E-state index contributed by atoms with van der Waals surface area (Å²) in [6.45, 7) is 9.85. The zero-order valence-corrected chi connectivity index (χ0v) is 45.0. The van der Waals surface area contributed by atoms with Gasteiger partial charge in [0.05, 0.1) is 59.9 Å². The summed E-state index contributed by atoms with van der Waals surface area (Å²) in [4.78, 5) is 71.3. The van der Waals surface area contributed by atoms with Crippen LogP contribution >= 0.6 is 11.3 Å². The summed E-state index contributed by atoms with van der Waals surface area (Å²) in [5, 5.41) is 5.63. The van der Waals surface area contributed by atoms with Gasteiger partial charge < -0.3 is 38.8 Å². The number of nitrogens with zero attached hydrogens (tertiary/aromatic N) is 7. The van der Waals surface area contributed by atoms with E-state index >= 15 is 0 Å². The number of nitrogens with one attached hydrogen (secondary N) is 2. The SMILES string of the molecule is CO[C@@H](C)c1ncc(N2CCOCC2)cc1-c1c2c3cc(ccc3n1CC(F)(F)F)-c1csc(n1)C[C@H](NC(=O)[C@H](C(C)C)N(C)C(=O)N1CC(/C=C(\F)S(C)(=O)=O)C1)C(=O)N1CCC[C@H](N1)C(=O)OCC(C)(C)C2. The topological polar surface area (TPSA) is 198 Å². The third-order valence-corrected chi connectivity index (χ3v) is 15.9. The van der Waals surface area contributed by atoms with Gasteiger partial charge in [-0.2, -0.15) is 17.6 Å². The molecule has 4 amide bonds. The Hall–Kier alpha value is -5.69. The molecule has 0 radical (unpaired) electrons. The van der Waals surface area contributed by atoms with E-state index in [2.05, 4.69) is 15.6 Å². The van der Waals surface area contributed by atoms with Crippen molar-refractivity contribution in [2.24, 2.45) is 17.3 Å². The number of rotatable bonds is 11. The van der Waals surface area contributed by atoms with E-state index in [0.717, 1.165) is 12.3 Å². The normalized spacial score (nSPS) is 21.1. The van der Waals surface area contributed by atoms with Gasteiger partial charge in [0.2, 0.25) is 20.9 Å². The second-order valence-corrected chi connectivity index (χ2v) is 23.9. The molecule has 3 fully saturated rings. The van der Waals surface area contributed by atoms with Crippen LogP contribution in [0.25, 0.3) is 33.4 Å². The van der Waals surface area contributed by atoms with Crippen molar-refractivity contribution in [2.75, 3.05) is 77.9 Å². The van der Waals surface area contributed by atoms with Crippen LogP contribution in [0.2, 0.25) is 0 Å². The number of carbonyl (C=O) groups is 4. The van der Waals surface area contributed by atoms with Crippen molar-refractivity contribution in [1.82, 2.24) is 40.1 Å². The molecule has 4 aliphatic rings. The molecule has 4 aliphatic heterocycles. The lowest BCUT2D eigenvalue weighted by Gasteiger charge is -2.42. The number of alkyl halides is 3. The van der Waals surface area contributed by atoms with Gasteiger partial charge in [-0.1, -0.05) is 33.8 Å². The number of hydrogen-bond acceptors (Lipinski definition) is 14. The highest BCUT2D eigenvalue weighted by Gasteiger charge is 2.41. The fourth-order valence-corrected chi connectivity index (χ4v) is 11.5. The predicted octanol–water partition coefficient (Wildman–Crippen LogP) is 6.45. The van der Waals surface area contributed by atoms with Crippen molar-refractivity contribution in [2.45, 2.75) is 97.3 Å². The third-order valence-electron chi connectivity index (χ3n) is 14.1. The Morgan fingerprint density at radius 3 is 2.49 bits per heavy atom. The molecular weight excluding hydrogens is 1020 g/mol. The molecule has 75 heavy (non-hydrogen) atoms. The van der Waals surface area contributed by atoms with Crippen LogP contribution in [0.3, 0.4) is 0 Å². The Balaban J connectivity index is 1.19. The second kappa shape index (κ2) is 22.1. The average Bonchev–Trinajstić information content (AvgIpc) is 3.93. The molecule has 2 N–H and O–H groups in total. The van der Waals surface area contributed by atoms with Crippen LogP contribution in [-0.2, 0) is 57.8 Å². The van der Waals surface area contributed by atoms with Crippen molar-refractivity contribution in [3.63, 3.8) is 0 Å². The summed E-state index contributed by atoms with van der Waals surface area (Å²) >= 11 is 1.22. The lowest BCUT2D eigenvalue weighted by atomic mass is 9.84. The summed E-state index contributed by atoms with van der Waals surface area (Å²) in [5.74, 6) is -2.88. The molecule has 24 heteroatoms. The maximum Gasteiger partial charge on any atom is 0.406 e. The summed E-state index contributed by atoms with van der Waals surface area (Å²) in [6.07, 6.45) is -1.07. The number of anilines is 1. The van der Waals surface area contributed by atoms with Crippen molar-refractivity contribution >= 4 is 61.6 Å². The van der Waals surface area contributed by atoms with Crippen LogP contribution in [0.1, 0.15) is 69.8 Å². The van der Waals surface area contributed by atoms with E-state index in [1.54, 1.807) is 44.5 Å². The highest BCUT2D eigenvalue weighted by Crippen LogP contribution is 2.44. The molecule has 3 aromatic heterocycles. The number of thiazole rings is 1. The standard InChI is InChI=1S/C51H65F4N9O9S2/c1-29(2)44(60(6)49(68)62-24-31(25-62)18-41(52)75(8,69)70)46(65)58-38-21-42-57-39(26-74-42)32-11-12-40-34(19-32)36(22-50(4,5)28-73-48(67)37-10-9-13-64(59-37)47(38)66)45(63(40)27-51(53,54)55)35-20-33(61-14-16-72-17-15-61)23-56-43(35)30(3)71-7/h11-12,18-20,23,26,29-31,37-38,44,59H,9-10,13-17,21-22,24-25,27-28H2,1-8H3,(H,58,65)/b41-18+/t30-,37-,38-,44-/m0/s1. The van der Waals surface area contributed by atoms with Gasteiger partial charge in [-0.15, -0.1) is 11.3 Å². The number of hydrazine groups is 1. The smallest absolute Gasteiger partial charge is 0.406 e. The molecule has 18 nitrogen and oxygen atoms in total. The molecule has 408 valence electrons. The molecule has 4 atom stereocenters. The van der Waals surface area contributed by atoms with E-state index in [1.165, 1.54) is 44.9 Å². The predicted molar refractivity (Wildman–Crippen MR) is 274 cm³/mol. The first-order valence-electron chi connectivity index (χ1n) is 25.0. The lowest BCUT2D eigenvalue weighted by Crippen LogP contribution is -2.63. The zero-order chi connectivity index (χ0) is 54.3. The van der Waals surface area contributed by atoms with Crippen LogP contribution in [-0.4, -0.2) is 159 Å². The number of hydrogen-bond donors (Lipinski definition) is 2. The fraction of sp³-hybridized carbons (Fsp3) is 0.569. The van der Waals surface area contributed by atoms with Crippen LogP contribution in [0.5, 0.6) is 0 Å². The molecule has 7 heterocycles. The molecule has 1 aromatic carbocycles. The zero-order valence-electron chi connectivity index (χ0n) is 43.3. The number of likely N-dealkylation sites (tertiary alicyclic amines) is 1. The number of benzene rings is 1. The summed E-state index contributed by atoms with van der Waals surface area (Å²) in [6, 6.07) is 3.15. The molecule has 6 bridgehead atoms. The van der Waals surface area contributed by atoms with Crippen LogP contribution in [0.15, 0.2) is 47.1 Å². The maximum atomic E-state index is 15.0. The molecule has 0 saturated carbocycles. The molecule has 0 aliphatic carbocycles. The Morgan fingerprint density at radius 1 is 1.11 bits per heavy atom. The van der Waals surface area contributed by atoms with Crippen molar-refractivity contribution < 1.29 is 59.4 Å². The van der Waals surface area contributed by atoms with Gasteiger partial charge in [0.1, 0.15) is 24.7 Å². The largest absolute Gasteiger partial charge is 0.464 e. The Kier molecular flexibility index (Phi) is 16.4. The number of pyridine rings is 1. The van der Waals surface area contributed by atoms with E-state index in [9.17, 15) is 45.2 Å². The highest BCUT2D eigenvalue weighted by molar-refractivity contribution is 7.94. The second-order valence-electron chi connectivity index (χ2n) is 21.0. The number of fused-ring (bicyclic) bond motifs is 6. The highest BCUT2D eigenvalue weighted by atomic mass is 32.2. The fourth-order valence-electron chi connectivity index (χ4n) is 10.2. The van der Waals surface area contributed by atoms with E-state index in [4.69, 9.17) is 24.2 Å². The molecule has 0 spiro atoms. The van der Waals surface area contributed by atoms with E-state index in [-0.39, 0.29) is 39.1 Å². The Morgan fingerprint density at radius 2 is 1.83 bits per heavy atom. The number of cyclic esters (lactones) is 1.